The molecule has 0 aliphatic heterocycles. The zero-order valence-corrected chi connectivity index (χ0v) is 12.6. The maximum absolute atomic E-state index is 12.0. The number of nitrogens with one attached hydrogen (secondary N) is 1. The van der Waals surface area contributed by atoms with E-state index in [1.807, 2.05) is 6.07 Å². The highest BCUT2D eigenvalue weighted by Gasteiger charge is 2.50. The molecular formula is C14H9BrClN3O. The molecule has 1 N–H and O–H groups in total. The number of pyridine rings is 1. The number of nitriles is 1. The van der Waals surface area contributed by atoms with E-state index in [-0.39, 0.29) is 5.91 Å². The van der Waals surface area contributed by atoms with Gasteiger partial charge in [0.25, 0.3) is 0 Å². The lowest BCUT2D eigenvalue weighted by atomic mass is 10.1. The van der Waals surface area contributed by atoms with Crippen molar-refractivity contribution in [2.75, 3.05) is 5.32 Å². The van der Waals surface area contributed by atoms with Crippen LogP contribution in [-0.2, 0) is 4.79 Å². The molecule has 0 atom stereocenters. The van der Waals surface area contributed by atoms with Gasteiger partial charge in [-0.25, -0.2) is 4.98 Å². The SMILES string of the molecule is N#CC1(C(=O)Nc2cc3cc(Br)cc(Cl)c3cn2)CC1. The molecule has 1 heterocycles. The van der Waals surface area contributed by atoms with Crippen molar-refractivity contribution in [1.82, 2.24) is 4.98 Å². The third kappa shape index (κ3) is 2.26. The maximum Gasteiger partial charge on any atom is 0.246 e. The van der Waals surface area contributed by atoms with E-state index in [0.717, 1.165) is 15.2 Å². The molecule has 3 rings (SSSR count). The van der Waals surface area contributed by atoms with Crippen molar-refractivity contribution in [3.05, 3.63) is 33.9 Å². The second-order valence-corrected chi connectivity index (χ2v) is 6.15. The Labute approximate surface area is 128 Å². The minimum Gasteiger partial charge on any atom is -0.309 e. The molecule has 1 fully saturated rings. The van der Waals surface area contributed by atoms with E-state index in [0.29, 0.717) is 23.7 Å². The number of anilines is 1. The molecule has 100 valence electrons. The Morgan fingerprint density at radius 2 is 2.20 bits per heavy atom. The number of amides is 1. The van der Waals surface area contributed by atoms with Gasteiger partial charge in [0.15, 0.2) is 0 Å². The van der Waals surface area contributed by atoms with Crippen LogP contribution >= 0.6 is 27.5 Å². The first-order chi connectivity index (χ1) is 9.54. The Hall–Kier alpha value is -1.64. The quantitative estimate of drug-likeness (QED) is 0.893. The molecule has 1 saturated carbocycles. The molecule has 1 aliphatic rings. The molecule has 1 aromatic heterocycles. The van der Waals surface area contributed by atoms with E-state index < -0.39 is 5.41 Å². The van der Waals surface area contributed by atoms with Crippen LogP contribution in [0, 0.1) is 16.7 Å². The van der Waals surface area contributed by atoms with Crippen molar-refractivity contribution in [3.63, 3.8) is 0 Å². The Morgan fingerprint density at radius 1 is 1.45 bits per heavy atom. The molecule has 0 spiro atoms. The number of hydrogen-bond donors (Lipinski definition) is 1. The number of halogens is 2. The molecule has 4 nitrogen and oxygen atoms in total. The van der Waals surface area contributed by atoms with Crippen LogP contribution in [0.15, 0.2) is 28.9 Å². The average molecular weight is 351 g/mol. The lowest BCUT2D eigenvalue weighted by Crippen LogP contribution is -2.23. The minimum atomic E-state index is -0.856. The van der Waals surface area contributed by atoms with Gasteiger partial charge in [0, 0.05) is 16.1 Å². The Bertz CT molecular complexity index is 765. The number of rotatable bonds is 2. The van der Waals surface area contributed by atoms with Crippen LogP contribution in [0.25, 0.3) is 10.8 Å². The molecule has 0 unspecified atom stereocenters. The molecule has 0 radical (unpaired) electrons. The Kier molecular flexibility index (Phi) is 3.15. The first kappa shape index (κ1) is 13.3. The fourth-order valence-electron chi connectivity index (χ4n) is 2.00. The predicted molar refractivity (Wildman–Crippen MR) is 80.4 cm³/mol. The van der Waals surface area contributed by atoms with E-state index in [1.54, 1.807) is 18.3 Å². The van der Waals surface area contributed by atoms with Gasteiger partial charge in [0.1, 0.15) is 11.2 Å². The highest BCUT2D eigenvalue weighted by atomic mass is 79.9. The molecule has 1 amide bonds. The van der Waals surface area contributed by atoms with Gasteiger partial charge >= 0.3 is 0 Å². The fourth-order valence-corrected chi connectivity index (χ4v) is 2.88. The number of carbonyl (C=O) groups is 1. The van der Waals surface area contributed by atoms with Crippen LogP contribution in [0.5, 0.6) is 0 Å². The zero-order chi connectivity index (χ0) is 14.3. The molecule has 20 heavy (non-hydrogen) atoms. The molecule has 1 aliphatic carbocycles. The summed E-state index contributed by atoms with van der Waals surface area (Å²) in [5, 5.41) is 14.0. The summed E-state index contributed by atoms with van der Waals surface area (Å²) in [6.45, 7) is 0. The topological polar surface area (TPSA) is 65.8 Å². The average Bonchev–Trinajstić information content (AvgIpc) is 3.19. The summed E-state index contributed by atoms with van der Waals surface area (Å²) >= 11 is 9.50. The van der Waals surface area contributed by atoms with Crippen LogP contribution in [0.2, 0.25) is 5.02 Å². The largest absolute Gasteiger partial charge is 0.309 e. The summed E-state index contributed by atoms with van der Waals surface area (Å²) < 4.78 is 0.856. The van der Waals surface area contributed by atoms with Crippen molar-refractivity contribution in [2.24, 2.45) is 5.41 Å². The van der Waals surface area contributed by atoms with Crippen molar-refractivity contribution < 1.29 is 4.79 Å². The lowest BCUT2D eigenvalue weighted by molar-refractivity contribution is -0.119. The molecule has 2 aromatic rings. The zero-order valence-electron chi connectivity index (χ0n) is 10.3. The third-order valence-corrected chi connectivity index (χ3v) is 4.16. The van der Waals surface area contributed by atoms with Gasteiger partial charge in [-0.2, -0.15) is 5.26 Å². The number of benzene rings is 1. The standard InChI is InChI=1S/C14H9BrClN3O/c15-9-3-8-4-12(18-6-10(8)11(16)5-9)19-13(20)14(7-17)1-2-14/h3-6H,1-2H2,(H,18,19,20). The fraction of sp³-hybridized carbons (Fsp3) is 0.214. The highest BCUT2D eigenvalue weighted by molar-refractivity contribution is 9.10. The van der Waals surface area contributed by atoms with E-state index in [9.17, 15) is 4.79 Å². The molecule has 0 bridgehead atoms. The van der Waals surface area contributed by atoms with Gasteiger partial charge in [-0.05, 0) is 36.4 Å². The number of fused-ring (bicyclic) bond motifs is 1. The summed E-state index contributed by atoms with van der Waals surface area (Å²) in [4.78, 5) is 16.2. The maximum atomic E-state index is 12.0. The summed E-state index contributed by atoms with van der Waals surface area (Å²) in [6, 6.07) is 7.50. The first-order valence-electron chi connectivity index (χ1n) is 6.02. The van der Waals surface area contributed by atoms with Crippen LogP contribution in [0.1, 0.15) is 12.8 Å². The summed E-state index contributed by atoms with van der Waals surface area (Å²) in [7, 11) is 0. The first-order valence-corrected chi connectivity index (χ1v) is 7.19. The van der Waals surface area contributed by atoms with Crippen LogP contribution in [0.3, 0.4) is 0 Å². The van der Waals surface area contributed by atoms with E-state index >= 15 is 0 Å². The number of hydrogen-bond acceptors (Lipinski definition) is 3. The van der Waals surface area contributed by atoms with Crippen LogP contribution < -0.4 is 5.32 Å². The van der Waals surface area contributed by atoms with E-state index in [2.05, 4.69) is 32.3 Å². The van der Waals surface area contributed by atoms with Crippen molar-refractivity contribution in [2.45, 2.75) is 12.8 Å². The predicted octanol–water partition coefficient (Wildman–Crippen LogP) is 3.89. The Balaban J connectivity index is 1.94. The van der Waals surface area contributed by atoms with Gasteiger partial charge in [-0.15, -0.1) is 0 Å². The molecular weight excluding hydrogens is 342 g/mol. The highest BCUT2D eigenvalue weighted by Crippen LogP contribution is 2.45. The van der Waals surface area contributed by atoms with Gasteiger partial charge in [-0.3, -0.25) is 4.79 Å². The summed E-state index contributed by atoms with van der Waals surface area (Å²) in [5.41, 5.74) is -0.856. The van der Waals surface area contributed by atoms with Gasteiger partial charge < -0.3 is 5.32 Å². The van der Waals surface area contributed by atoms with Crippen LogP contribution in [-0.4, -0.2) is 10.9 Å². The van der Waals surface area contributed by atoms with E-state index in [1.165, 1.54) is 0 Å². The second-order valence-electron chi connectivity index (χ2n) is 4.83. The summed E-state index contributed by atoms with van der Waals surface area (Å²) in [5.74, 6) is 0.145. The van der Waals surface area contributed by atoms with E-state index in [4.69, 9.17) is 16.9 Å². The van der Waals surface area contributed by atoms with Crippen molar-refractivity contribution >= 4 is 50.0 Å². The van der Waals surface area contributed by atoms with Crippen molar-refractivity contribution in [3.8, 4) is 6.07 Å². The molecule has 1 aromatic carbocycles. The molecule has 0 saturated heterocycles. The number of nitrogens with zero attached hydrogens (tertiary/aromatic N) is 2. The lowest BCUT2D eigenvalue weighted by Gasteiger charge is -2.09. The number of carbonyl (C=O) groups excluding carboxylic acids is 1. The minimum absolute atomic E-state index is 0.284. The van der Waals surface area contributed by atoms with Crippen LogP contribution in [0.4, 0.5) is 5.82 Å². The number of aromatic nitrogens is 1. The third-order valence-electron chi connectivity index (χ3n) is 3.39. The normalized spacial score (nSPS) is 15.7. The Morgan fingerprint density at radius 3 is 2.85 bits per heavy atom. The van der Waals surface area contributed by atoms with Gasteiger partial charge in [0.05, 0.1) is 11.1 Å². The van der Waals surface area contributed by atoms with Gasteiger partial charge in [-0.1, -0.05) is 27.5 Å². The summed E-state index contributed by atoms with van der Waals surface area (Å²) in [6.07, 6.45) is 2.84. The van der Waals surface area contributed by atoms with Crippen molar-refractivity contribution in [1.29, 1.82) is 5.26 Å². The molecule has 6 heteroatoms. The van der Waals surface area contributed by atoms with Gasteiger partial charge in [0.2, 0.25) is 5.91 Å². The smallest absolute Gasteiger partial charge is 0.246 e. The second kappa shape index (κ2) is 4.72. The monoisotopic (exact) mass is 349 g/mol.